The van der Waals surface area contributed by atoms with Crippen molar-refractivity contribution in [2.75, 3.05) is 18.1 Å². The molecule has 21 heavy (non-hydrogen) atoms. The van der Waals surface area contributed by atoms with E-state index in [-0.39, 0.29) is 0 Å². The average Bonchev–Trinajstić information content (AvgIpc) is 2.94. The second kappa shape index (κ2) is 6.55. The van der Waals surface area contributed by atoms with Crippen molar-refractivity contribution in [3.8, 4) is 0 Å². The van der Waals surface area contributed by atoms with Crippen LogP contribution in [0.25, 0.3) is 0 Å². The lowest BCUT2D eigenvalue weighted by atomic mass is 10.1. The van der Waals surface area contributed by atoms with Crippen molar-refractivity contribution in [3.63, 3.8) is 0 Å². The molecule has 0 bridgehead atoms. The minimum absolute atomic E-state index is 0.406. The molecule has 0 aromatic heterocycles. The number of hydrogen-bond donors (Lipinski definition) is 1. The largest absolute Gasteiger partial charge is 0.374 e. The minimum atomic E-state index is 0.406. The van der Waals surface area contributed by atoms with Gasteiger partial charge in [-0.2, -0.15) is 0 Å². The van der Waals surface area contributed by atoms with Gasteiger partial charge >= 0.3 is 0 Å². The smallest absolute Gasteiger partial charge is 0.0779 e. The predicted octanol–water partition coefficient (Wildman–Crippen LogP) is 3.60. The van der Waals surface area contributed by atoms with Crippen molar-refractivity contribution in [3.05, 3.63) is 28.8 Å². The van der Waals surface area contributed by atoms with Crippen LogP contribution >= 0.6 is 11.6 Å². The molecule has 2 fully saturated rings. The van der Waals surface area contributed by atoms with Gasteiger partial charge in [0.05, 0.1) is 18.8 Å². The molecule has 1 aromatic carbocycles. The van der Waals surface area contributed by atoms with Gasteiger partial charge < -0.3 is 15.0 Å². The summed E-state index contributed by atoms with van der Waals surface area (Å²) in [6.45, 7) is 6.94. The number of benzene rings is 1. The van der Waals surface area contributed by atoms with E-state index in [9.17, 15) is 0 Å². The molecule has 0 spiro atoms. The normalized spacial score (nSPS) is 25.4. The van der Waals surface area contributed by atoms with Gasteiger partial charge in [0.1, 0.15) is 0 Å². The lowest BCUT2D eigenvalue weighted by molar-refractivity contribution is 0.0255. The topological polar surface area (TPSA) is 24.5 Å². The molecular weight excluding hydrogens is 284 g/mol. The first-order chi connectivity index (χ1) is 10.2. The maximum Gasteiger partial charge on any atom is 0.0779 e. The summed E-state index contributed by atoms with van der Waals surface area (Å²) in [5, 5.41) is 4.36. The summed E-state index contributed by atoms with van der Waals surface area (Å²) < 4.78 is 5.93. The van der Waals surface area contributed by atoms with Crippen LogP contribution in [0, 0.1) is 0 Å². The Morgan fingerprint density at radius 1 is 1.38 bits per heavy atom. The second-order valence-corrected chi connectivity index (χ2v) is 6.78. The molecule has 1 saturated carbocycles. The highest BCUT2D eigenvalue weighted by atomic mass is 35.5. The summed E-state index contributed by atoms with van der Waals surface area (Å²) in [4.78, 5) is 2.53. The van der Waals surface area contributed by atoms with Crippen LogP contribution in [0.5, 0.6) is 0 Å². The van der Waals surface area contributed by atoms with Crippen LogP contribution in [0.1, 0.15) is 38.7 Å². The summed E-state index contributed by atoms with van der Waals surface area (Å²) in [5.41, 5.74) is 2.51. The van der Waals surface area contributed by atoms with Crippen molar-refractivity contribution in [1.82, 2.24) is 5.32 Å². The summed E-state index contributed by atoms with van der Waals surface area (Å²) in [6.07, 6.45) is 4.10. The van der Waals surface area contributed by atoms with Crippen LogP contribution in [0.15, 0.2) is 18.2 Å². The molecular formula is C17H25ClN2O. The maximum absolute atomic E-state index is 6.48. The van der Waals surface area contributed by atoms with Crippen molar-refractivity contribution in [2.24, 2.45) is 0 Å². The summed E-state index contributed by atoms with van der Waals surface area (Å²) in [6, 6.07) is 7.25. The van der Waals surface area contributed by atoms with Crippen LogP contribution in [0.3, 0.4) is 0 Å². The molecule has 2 atom stereocenters. The van der Waals surface area contributed by atoms with Crippen LogP contribution in [-0.2, 0) is 11.3 Å². The van der Waals surface area contributed by atoms with Crippen LogP contribution in [0.4, 0.5) is 5.69 Å². The summed E-state index contributed by atoms with van der Waals surface area (Å²) in [5.74, 6) is 0. The standard InChI is InChI=1S/C17H25ClN2O/c1-12(2)19-11-13-14(18)5-3-6-15(13)20-9-10-21-17-8-4-7-16(17)20/h3,5-6,12,16-17,19H,4,7-11H2,1-2H3. The zero-order valence-corrected chi connectivity index (χ0v) is 13.7. The van der Waals surface area contributed by atoms with Crippen molar-refractivity contribution >= 4 is 17.3 Å². The van der Waals surface area contributed by atoms with E-state index < -0.39 is 0 Å². The SMILES string of the molecule is CC(C)NCc1c(Cl)cccc1N1CCOC2CCCC21. The molecule has 3 nitrogen and oxygen atoms in total. The molecule has 2 unspecified atom stereocenters. The Hall–Kier alpha value is -0.770. The van der Waals surface area contributed by atoms with E-state index in [4.69, 9.17) is 16.3 Å². The van der Waals surface area contributed by atoms with E-state index in [1.165, 1.54) is 30.5 Å². The average molecular weight is 309 g/mol. The first-order valence-electron chi connectivity index (χ1n) is 8.06. The third-order valence-corrected chi connectivity index (χ3v) is 4.93. The molecule has 1 aliphatic heterocycles. The molecule has 2 aliphatic rings. The first kappa shape index (κ1) is 15.1. The molecule has 116 valence electrons. The van der Waals surface area contributed by atoms with Crippen molar-refractivity contribution in [1.29, 1.82) is 0 Å². The van der Waals surface area contributed by atoms with Gasteiger partial charge in [0.2, 0.25) is 0 Å². The Labute approximate surface area is 132 Å². The number of anilines is 1. The number of nitrogens with zero attached hydrogens (tertiary/aromatic N) is 1. The number of fused-ring (bicyclic) bond motifs is 1. The van der Waals surface area contributed by atoms with Gasteiger partial charge in [-0.05, 0) is 31.4 Å². The zero-order chi connectivity index (χ0) is 14.8. The number of nitrogens with one attached hydrogen (secondary N) is 1. The van der Waals surface area contributed by atoms with Gasteiger partial charge in [-0.25, -0.2) is 0 Å². The minimum Gasteiger partial charge on any atom is -0.374 e. The number of hydrogen-bond acceptors (Lipinski definition) is 3. The van der Waals surface area contributed by atoms with Gasteiger partial charge in [-0.1, -0.05) is 31.5 Å². The molecule has 1 aromatic rings. The van der Waals surface area contributed by atoms with Gasteiger partial charge in [-0.3, -0.25) is 0 Å². The van der Waals surface area contributed by atoms with Crippen LogP contribution < -0.4 is 10.2 Å². The van der Waals surface area contributed by atoms with E-state index in [2.05, 4.69) is 36.2 Å². The Morgan fingerprint density at radius 3 is 3.05 bits per heavy atom. The van der Waals surface area contributed by atoms with Gasteiger partial charge in [0.25, 0.3) is 0 Å². The van der Waals surface area contributed by atoms with Crippen molar-refractivity contribution < 1.29 is 4.74 Å². The highest BCUT2D eigenvalue weighted by Crippen LogP contribution is 2.36. The third kappa shape index (κ3) is 3.20. The van der Waals surface area contributed by atoms with E-state index >= 15 is 0 Å². The number of ether oxygens (including phenoxy) is 1. The van der Waals surface area contributed by atoms with Gasteiger partial charge in [0, 0.05) is 35.4 Å². The molecule has 0 radical (unpaired) electrons. The Kier molecular flexibility index (Phi) is 4.72. The van der Waals surface area contributed by atoms with E-state index in [0.717, 1.165) is 24.7 Å². The monoisotopic (exact) mass is 308 g/mol. The molecule has 0 amide bonds. The highest BCUT2D eigenvalue weighted by molar-refractivity contribution is 6.31. The zero-order valence-electron chi connectivity index (χ0n) is 12.9. The van der Waals surface area contributed by atoms with E-state index in [1.807, 2.05) is 6.07 Å². The fourth-order valence-corrected chi connectivity index (χ4v) is 3.76. The Morgan fingerprint density at radius 2 is 2.24 bits per heavy atom. The van der Waals surface area contributed by atoms with Gasteiger partial charge in [0.15, 0.2) is 0 Å². The van der Waals surface area contributed by atoms with Crippen LogP contribution in [-0.4, -0.2) is 31.3 Å². The lowest BCUT2D eigenvalue weighted by Gasteiger charge is -2.40. The molecule has 1 heterocycles. The number of halogens is 1. The van der Waals surface area contributed by atoms with E-state index in [0.29, 0.717) is 18.2 Å². The number of rotatable bonds is 4. The lowest BCUT2D eigenvalue weighted by Crippen LogP contribution is -2.49. The van der Waals surface area contributed by atoms with Crippen molar-refractivity contribution in [2.45, 2.75) is 57.8 Å². The van der Waals surface area contributed by atoms with E-state index in [1.54, 1.807) is 0 Å². The second-order valence-electron chi connectivity index (χ2n) is 6.37. The Bertz CT molecular complexity index is 492. The number of morpholine rings is 1. The summed E-state index contributed by atoms with van der Waals surface area (Å²) in [7, 11) is 0. The van der Waals surface area contributed by atoms with Gasteiger partial charge in [-0.15, -0.1) is 0 Å². The molecule has 1 saturated heterocycles. The maximum atomic E-state index is 6.48. The quantitative estimate of drug-likeness (QED) is 0.920. The molecule has 1 N–H and O–H groups in total. The first-order valence-corrected chi connectivity index (χ1v) is 8.43. The molecule has 1 aliphatic carbocycles. The van der Waals surface area contributed by atoms with Crippen LogP contribution in [0.2, 0.25) is 5.02 Å². The Balaban J connectivity index is 1.88. The molecule has 3 rings (SSSR count). The fraction of sp³-hybridized carbons (Fsp3) is 0.647. The summed E-state index contributed by atoms with van der Waals surface area (Å²) >= 11 is 6.48. The molecule has 4 heteroatoms. The fourth-order valence-electron chi connectivity index (χ4n) is 3.52. The predicted molar refractivity (Wildman–Crippen MR) is 88.2 cm³/mol. The third-order valence-electron chi connectivity index (χ3n) is 4.57. The highest BCUT2D eigenvalue weighted by Gasteiger charge is 2.36.